The van der Waals surface area contributed by atoms with Crippen LogP contribution in [0, 0.1) is 5.92 Å². The summed E-state index contributed by atoms with van der Waals surface area (Å²) in [5.41, 5.74) is 0. The Hall–Kier alpha value is -0.440. The Kier molecular flexibility index (Phi) is 8.17. The molecule has 8 heteroatoms. The van der Waals surface area contributed by atoms with E-state index >= 15 is 0 Å². The van der Waals surface area contributed by atoms with Crippen LogP contribution in [0.3, 0.4) is 0 Å². The standard InChI is InChI=1S/C19H34N4O3.ClH/c24-19-12-15(13-23(19)6-5-22-7-10-25-11-8-22)21-17-3-1-2-16(17)18-14-26-9-4-20-18;/h15-18,20-21H,1-14H2;1H. The van der Waals surface area contributed by atoms with E-state index in [4.69, 9.17) is 9.47 Å². The summed E-state index contributed by atoms with van der Waals surface area (Å²) in [5.74, 6) is 0.942. The molecule has 0 aromatic carbocycles. The van der Waals surface area contributed by atoms with E-state index in [1.54, 1.807) is 0 Å². The summed E-state index contributed by atoms with van der Waals surface area (Å²) in [6, 6.07) is 1.30. The van der Waals surface area contributed by atoms with E-state index in [1.165, 1.54) is 19.3 Å². The first-order valence-electron chi connectivity index (χ1n) is 10.4. The fraction of sp³-hybridized carbons (Fsp3) is 0.947. The third kappa shape index (κ3) is 5.55. The maximum Gasteiger partial charge on any atom is 0.224 e. The molecule has 1 amide bonds. The smallest absolute Gasteiger partial charge is 0.224 e. The second-order valence-corrected chi connectivity index (χ2v) is 8.20. The van der Waals surface area contributed by atoms with Crippen molar-refractivity contribution >= 4 is 18.3 Å². The molecule has 4 fully saturated rings. The number of nitrogens with one attached hydrogen (secondary N) is 2. The number of amides is 1. The van der Waals surface area contributed by atoms with Crippen molar-refractivity contribution < 1.29 is 14.3 Å². The molecule has 2 N–H and O–H groups in total. The molecule has 4 rings (SSSR count). The molecular formula is C19H35ClN4O3. The fourth-order valence-corrected chi connectivity index (χ4v) is 5.03. The van der Waals surface area contributed by atoms with E-state index in [1.807, 2.05) is 0 Å². The molecular weight excluding hydrogens is 368 g/mol. The largest absolute Gasteiger partial charge is 0.379 e. The summed E-state index contributed by atoms with van der Waals surface area (Å²) in [6.07, 6.45) is 4.42. The van der Waals surface area contributed by atoms with E-state index in [0.29, 0.717) is 36.4 Å². The highest BCUT2D eigenvalue weighted by atomic mass is 35.5. The Bertz CT molecular complexity index is 472. The number of halogens is 1. The summed E-state index contributed by atoms with van der Waals surface area (Å²) < 4.78 is 11.1. The lowest BCUT2D eigenvalue weighted by atomic mass is 9.93. The molecule has 4 atom stereocenters. The summed E-state index contributed by atoms with van der Waals surface area (Å²) in [4.78, 5) is 16.9. The van der Waals surface area contributed by atoms with Gasteiger partial charge in [-0.15, -0.1) is 12.4 Å². The predicted octanol–water partition coefficient (Wildman–Crippen LogP) is 0.0880. The predicted molar refractivity (Wildman–Crippen MR) is 106 cm³/mol. The van der Waals surface area contributed by atoms with Crippen molar-refractivity contribution in [1.82, 2.24) is 20.4 Å². The third-order valence-corrected chi connectivity index (χ3v) is 6.49. The van der Waals surface area contributed by atoms with Crippen LogP contribution in [-0.2, 0) is 14.3 Å². The Morgan fingerprint density at radius 3 is 2.74 bits per heavy atom. The fourth-order valence-electron chi connectivity index (χ4n) is 5.03. The molecule has 1 aliphatic carbocycles. The Labute approximate surface area is 168 Å². The van der Waals surface area contributed by atoms with E-state index in [2.05, 4.69) is 20.4 Å². The molecule has 4 unspecified atom stereocenters. The second kappa shape index (κ2) is 10.4. The molecule has 0 aromatic rings. The van der Waals surface area contributed by atoms with Gasteiger partial charge in [0.2, 0.25) is 5.91 Å². The van der Waals surface area contributed by atoms with Crippen molar-refractivity contribution in [2.75, 3.05) is 65.7 Å². The summed E-state index contributed by atoms with van der Waals surface area (Å²) in [6.45, 7) is 8.93. The van der Waals surface area contributed by atoms with E-state index in [-0.39, 0.29) is 12.4 Å². The van der Waals surface area contributed by atoms with Gasteiger partial charge in [-0.3, -0.25) is 9.69 Å². The zero-order valence-electron chi connectivity index (χ0n) is 16.2. The van der Waals surface area contributed by atoms with Gasteiger partial charge < -0.3 is 25.0 Å². The number of morpholine rings is 2. The van der Waals surface area contributed by atoms with Gasteiger partial charge in [-0.25, -0.2) is 0 Å². The first-order chi connectivity index (χ1) is 12.8. The maximum atomic E-state index is 12.4. The number of hydrogen-bond acceptors (Lipinski definition) is 6. The van der Waals surface area contributed by atoms with Crippen LogP contribution in [-0.4, -0.2) is 99.5 Å². The molecule has 27 heavy (non-hydrogen) atoms. The molecule has 3 heterocycles. The van der Waals surface area contributed by atoms with Crippen LogP contribution in [0.5, 0.6) is 0 Å². The van der Waals surface area contributed by atoms with Gasteiger partial charge in [0, 0.05) is 63.8 Å². The van der Waals surface area contributed by atoms with Gasteiger partial charge >= 0.3 is 0 Å². The molecule has 4 aliphatic rings. The lowest BCUT2D eigenvalue weighted by Gasteiger charge is -2.34. The van der Waals surface area contributed by atoms with Gasteiger partial charge in [-0.2, -0.15) is 0 Å². The normalized spacial score (nSPS) is 35.4. The number of carbonyl (C=O) groups is 1. The minimum atomic E-state index is 0. The van der Waals surface area contributed by atoms with Crippen molar-refractivity contribution in [3.8, 4) is 0 Å². The van der Waals surface area contributed by atoms with Crippen molar-refractivity contribution in [1.29, 1.82) is 0 Å². The van der Waals surface area contributed by atoms with Crippen molar-refractivity contribution in [2.24, 2.45) is 5.92 Å². The lowest BCUT2D eigenvalue weighted by molar-refractivity contribution is -0.128. The lowest BCUT2D eigenvalue weighted by Crippen LogP contribution is -2.52. The first kappa shape index (κ1) is 21.3. The molecule has 3 saturated heterocycles. The number of likely N-dealkylation sites (tertiary alicyclic amines) is 1. The summed E-state index contributed by atoms with van der Waals surface area (Å²) in [7, 11) is 0. The number of nitrogens with zero attached hydrogens (tertiary/aromatic N) is 2. The molecule has 0 aromatic heterocycles. The van der Waals surface area contributed by atoms with Crippen molar-refractivity contribution in [3.05, 3.63) is 0 Å². The minimum absolute atomic E-state index is 0. The molecule has 7 nitrogen and oxygen atoms in total. The number of rotatable bonds is 6. The third-order valence-electron chi connectivity index (χ3n) is 6.49. The van der Waals surface area contributed by atoms with Gasteiger partial charge in [0.1, 0.15) is 0 Å². The van der Waals surface area contributed by atoms with E-state index < -0.39 is 0 Å². The summed E-state index contributed by atoms with van der Waals surface area (Å²) >= 11 is 0. The van der Waals surface area contributed by atoms with Crippen LogP contribution in [0.15, 0.2) is 0 Å². The van der Waals surface area contributed by atoms with E-state index in [0.717, 1.165) is 65.7 Å². The Balaban J connectivity index is 0.00000210. The number of carbonyl (C=O) groups excluding carboxylic acids is 1. The van der Waals surface area contributed by atoms with Gasteiger partial charge in [-0.1, -0.05) is 6.42 Å². The average molecular weight is 403 g/mol. The van der Waals surface area contributed by atoms with Gasteiger partial charge in [-0.05, 0) is 18.8 Å². The highest BCUT2D eigenvalue weighted by molar-refractivity contribution is 5.85. The van der Waals surface area contributed by atoms with Crippen LogP contribution < -0.4 is 10.6 Å². The van der Waals surface area contributed by atoms with Crippen LogP contribution in [0.1, 0.15) is 25.7 Å². The average Bonchev–Trinajstić information content (AvgIpc) is 3.28. The van der Waals surface area contributed by atoms with Crippen LogP contribution in [0.2, 0.25) is 0 Å². The highest BCUT2D eigenvalue weighted by Crippen LogP contribution is 2.30. The van der Waals surface area contributed by atoms with Crippen LogP contribution in [0.4, 0.5) is 0 Å². The molecule has 1 saturated carbocycles. The van der Waals surface area contributed by atoms with Crippen molar-refractivity contribution in [3.63, 3.8) is 0 Å². The molecule has 156 valence electrons. The molecule has 0 spiro atoms. The van der Waals surface area contributed by atoms with Gasteiger partial charge in [0.25, 0.3) is 0 Å². The zero-order valence-corrected chi connectivity index (χ0v) is 17.1. The quantitative estimate of drug-likeness (QED) is 0.656. The Morgan fingerprint density at radius 1 is 1.11 bits per heavy atom. The monoisotopic (exact) mass is 402 g/mol. The van der Waals surface area contributed by atoms with Gasteiger partial charge in [0.15, 0.2) is 0 Å². The van der Waals surface area contributed by atoms with Crippen molar-refractivity contribution in [2.45, 2.75) is 43.8 Å². The Morgan fingerprint density at radius 2 is 1.96 bits per heavy atom. The first-order valence-corrected chi connectivity index (χ1v) is 10.4. The van der Waals surface area contributed by atoms with Crippen LogP contribution >= 0.6 is 12.4 Å². The molecule has 0 radical (unpaired) electrons. The SMILES string of the molecule is Cl.O=C1CC(NC2CCCC2C2COCCN2)CN1CCN1CCOCC1. The summed E-state index contributed by atoms with van der Waals surface area (Å²) in [5, 5.41) is 7.46. The zero-order chi connectivity index (χ0) is 17.8. The van der Waals surface area contributed by atoms with E-state index in [9.17, 15) is 4.79 Å². The van der Waals surface area contributed by atoms with Crippen LogP contribution in [0.25, 0.3) is 0 Å². The molecule has 3 aliphatic heterocycles. The molecule has 0 bridgehead atoms. The second-order valence-electron chi connectivity index (χ2n) is 8.20. The minimum Gasteiger partial charge on any atom is -0.379 e. The van der Waals surface area contributed by atoms with Gasteiger partial charge in [0.05, 0.1) is 26.4 Å². The number of ether oxygens (including phenoxy) is 2. The maximum absolute atomic E-state index is 12.4. The highest BCUT2D eigenvalue weighted by Gasteiger charge is 2.38. The number of hydrogen-bond donors (Lipinski definition) is 2. The topological polar surface area (TPSA) is 66.1 Å².